The fraction of sp³-hybridized carbons (Fsp3) is 0.400. The van der Waals surface area contributed by atoms with Gasteiger partial charge in [-0.05, 0) is 50.4 Å². The number of aryl methyl sites for hydroxylation is 1. The zero-order chi connectivity index (χ0) is 20.6. The van der Waals surface area contributed by atoms with Gasteiger partial charge in [-0.2, -0.15) is 0 Å². The average molecular weight is 417 g/mol. The lowest BCUT2D eigenvalue weighted by Gasteiger charge is -2.22. The molecule has 0 radical (unpaired) electrons. The van der Waals surface area contributed by atoms with Gasteiger partial charge in [0.25, 0.3) is 0 Å². The second kappa shape index (κ2) is 7.93. The molecule has 2 N–H and O–H groups in total. The molecule has 0 bridgehead atoms. The number of nitrogens with one attached hydrogen (secondary N) is 2. The fourth-order valence-electron chi connectivity index (χ4n) is 5.04. The van der Waals surface area contributed by atoms with E-state index in [2.05, 4.69) is 45.3 Å². The average Bonchev–Trinajstić information content (AvgIpc) is 3.53. The van der Waals surface area contributed by atoms with Crippen LogP contribution in [0.4, 0.5) is 0 Å². The van der Waals surface area contributed by atoms with Crippen molar-refractivity contribution in [3.05, 3.63) is 42.6 Å². The predicted molar refractivity (Wildman–Crippen MR) is 123 cm³/mol. The molecule has 2 aliphatic rings. The fourth-order valence-corrected chi connectivity index (χ4v) is 5.04. The number of fused-ring (bicyclic) bond motifs is 3. The highest BCUT2D eigenvalue weighted by Gasteiger charge is 2.18. The van der Waals surface area contributed by atoms with Crippen molar-refractivity contribution in [2.24, 2.45) is 5.92 Å². The Hall–Kier alpha value is -2.99. The van der Waals surface area contributed by atoms with Crippen molar-refractivity contribution in [1.82, 2.24) is 19.9 Å². The quantitative estimate of drug-likeness (QED) is 0.430. The first-order valence-corrected chi connectivity index (χ1v) is 11.4. The van der Waals surface area contributed by atoms with Gasteiger partial charge in [-0.3, -0.25) is 0 Å². The summed E-state index contributed by atoms with van der Waals surface area (Å²) >= 11 is 0. The second-order valence-corrected chi connectivity index (χ2v) is 8.74. The van der Waals surface area contributed by atoms with Crippen LogP contribution in [0.15, 0.2) is 42.6 Å². The van der Waals surface area contributed by atoms with Gasteiger partial charge < -0.3 is 24.3 Å². The molecule has 31 heavy (non-hydrogen) atoms. The molecule has 0 aliphatic carbocycles. The van der Waals surface area contributed by atoms with E-state index < -0.39 is 0 Å². The van der Waals surface area contributed by atoms with Gasteiger partial charge in [-0.1, -0.05) is 25.0 Å². The summed E-state index contributed by atoms with van der Waals surface area (Å²) in [5.41, 5.74) is 4.26. The zero-order valence-electron chi connectivity index (χ0n) is 17.7. The van der Waals surface area contributed by atoms with Crippen LogP contribution >= 0.6 is 0 Å². The van der Waals surface area contributed by atoms with E-state index in [4.69, 9.17) is 14.5 Å². The largest absolute Gasteiger partial charge is 0.454 e. The number of imidazole rings is 1. The molecule has 1 fully saturated rings. The lowest BCUT2D eigenvalue weighted by atomic mass is 9.92. The maximum absolute atomic E-state index is 5.50. The van der Waals surface area contributed by atoms with Gasteiger partial charge in [0.1, 0.15) is 5.82 Å². The highest BCUT2D eigenvalue weighted by Crippen LogP contribution is 2.37. The summed E-state index contributed by atoms with van der Waals surface area (Å²) in [7, 11) is 0. The van der Waals surface area contributed by atoms with E-state index in [1.54, 1.807) is 0 Å². The van der Waals surface area contributed by atoms with Crippen LogP contribution in [0.2, 0.25) is 0 Å². The number of H-pyrrole nitrogens is 1. The van der Waals surface area contributed by atoms with E-state index >= 15 is 0 Å². The molecule has 6 rings (SSSR count). The third-order valence-corrected chi connectivity index (χ3v) is 6.77. The van der Waals surface area contributed by atoms with Crippen molar-refractivity contribution in [3.8, 4) is 22.9 Å². The van der Waals surface area contributed by atoms with Gasteiger partial charge in [0, 0.05) is 41.3 Å². The van der Waals surface area contributed by atoms with Crippen LogP contribution in [-0.4, -0.2) is 34.4 Å². The van der Waals surface area contributed by atoms with Gasteiger partial charge in [0.05, 0.1) is 11.0 Å². The Kier molecular flexibility index (Phi) is 4.80. The van der Waals surface area contributed by atoms with Crippen molar-refractivity contribution < 1.29 is 9.47 Å². The third kappa shape index (κ3) is 3.55. The van der Waals surface area contributed by atoms with Crippen LogP contribution in [0.25, 0.3) is 33.3 Å². The first-order valence-electron chi connectivity index (χ1n) is 11.4. The molecule has 4 aromatic rings. The van der Waals surface area contributed by atoms with Gasteiger partial charge in [-0.25, -0.2) is 4.98 Å². The number of nitrogens with zero attached hydrogens (tertiary/aromatic N) is 2. The maximum Gasteiger partial charge on any atom is 0.231 e. The zero-order valence-corrected chi connectivity index (χ0v) is 17.7. The number of aromatic amines is 1. The van der Waals surface area contributed by atoms with Crippen molar-refractivity contribution in [2.75, 3.05) is 19.9 Å². The molecule has 0 spiro atoms. The lowest BCUT2D eigenvalue weighted by Crippen LogP contribution is -2.27. The summed E-state index contributed by atoms with van der Waals surface area (Å²) in [4.78, 5) is 8.31. The van der Waals surface area contributed by atoms with Crippen molar-refractivity contribution in [1.29, 1.82) is 0 Å². The van der Waals surface area contributed by atoms with Crippen molar-refractivity contribution in [3.63, 3.8) is 0 Å². The molecule has 2 aromatic heterocycles. The summed E-state index contributed by atoms with van der Waals surface area (Å²) < 4.78 is 13.4. The van der Waals surface area contributed by atoms with E-state index in [-0.39, 0.29) is 6.79 Å². The molecule has 0 unspecified atom stereocenters. The number of ether oxygens (including phenoxy) is 2. The first kappa shape index (κ1) is 18.8. The number of unbranched alkanes of at least 4 members (excludes halogenated alkanes) is 1. The van der Waals surface area contributed by atoms with Gasteiger partial charge in [-0.15, -0.1) is 0 Å². The topological polar surface area (TPSA) is 64.1 Å². The number of hydrogen-bond acceptors (Lipinski definition) is 4. The summed E-state index contributed by atoms with van der Waals surface area (Å²) in [6.45, 7) is 3.74. The minimum Gasteiger partial charge on any atom is -0.454 e. The summed E-state index contributed by atoms with van der Waals surface area (Å²) in [5, 5.41) is 4.70. The maximum atomic E-state index is 5.50. The number of aromatic nitrogens is 3. The molecule has 4 heterocycles. The Bertz CT molecular complexity index is 1180. The monoisotopic (exact) mass is 416 g/mol. The van der Waals surface area contributed by atoms with Crippen molar-refractivity contribution >= 4 is 21.9 Å². The number of hydrogen-bond donors (Lipinski definition) is 2. The van der Waals surface area contributed by atoms with Crippen LogP contribution < -0.4 is 14.8 Å². The molecule has 1 saturated heterocycles. The van der Waals surface area contributed by atoms with Gasteiger partial charge in [0.2, 0.25) is 6.79 Å². The summed E-state index contributed by atoms with van der Waals surface area (Å²) in [6, 6.07) is 12.6. The Morgan fingerprint density at radius 2 is 1.90 bits per heavy atom. The minimum atomic E-state index is 0.277. The number of piperidine rings is 1. The summed E-state index contributed by atoms with van der Waals surface area (Å²) in [6.07, 6.45) is 8.81. The first-order chi connectivity index (χ1) is 15.3. The van der Waals surface area contributed by atoms with E-state index in [1.165, 1.54) is 56.1 Å². The Morgan fingerprint density at radius 1 is 1.03 bits per heavy atom. The molecule has 0 amide bonds. The molecule has 6 nitrogen and oxygen atoms in total. The second-order valence-electron chi connectivity index (χ2n) is 8.74. The Balaban J connectivity index is 1.21. The highest BCUT2D eigenvalue weighted by atomic mass is 16.7. The van der Waals surface area contributed by atoms with Crippen LogP contribution in [0.1, 0.15) is 32.1 Å². The van der Waals surface area contributed by atoms with E-state index in [9.17, 15) is 0 Å². The predicted octanol–water partition coefficient (Wildman–Crippen LogP) is 5.08. The third-order valence-electron chi connectivity index (χ3n) is 6.77. The number of benzene rings is 2. The van der Waals surface area contributed by atoms with E-state index in [0.717, 1.165) is 46.4 Å². The SMILES string of the molecule is c1cc(-c2nc3cc4c(cc3[nH]2)OCO4)c2ccn(CCCCC3CCNCC3)c2c1. The molecule has 2 aromatic carbocycles. The molecular formula is C25H28N4O2. The van der Waals surface area contributed by atoms with Crippen LogP contribution in [0, 0.1) is 5.92 Å². The Morgan fingerprint density at radius 3 is 2.81 bits per heavy atom. The lowest BCUT2D eigenvalue weighted by molar-refractivity contribution is 0.174. The normalized spacial score (nSPS) is 16.5. The molecule has 160 valence electrons. The minimum absolute atomic E-state index is 0.277. The van der Waals surface area contributed by atoms with Crippen LogP contribution in [0.3, 0.4) is 0 Å². The standard InChI is InChI=1S/C25H28N4O2/c1(4-17-7-10-26-11-8-17)2-12-29-13-9-18-19(5-3-6-22(18)29)25-27-20-14-23-24(31-16-30-23)15-21(20)28-25/h3,5-6,9,13-15,17,26H,1-2,4,7-8,10-12,16H2,(H,27,28). The molecule has 0 atom stereocenters. The number of rotatable bonds is 6. The van der Waals surface area contributed by atoms with Crippen LogP contribution in [0.5, 0.6) is 11.5 Å². The summed E-state index contributed by atoms with van der Waals surface area (Å²) in [5.74, 6) is 3.34. The smallest absolute Gasteiger partial charge is 0.231 e. The van der Waals surface area contributed by atoms with Crippen molar-refractivity contribution in [2.45, 2.75) is 38.6 Å². The van der Waals surface area contributed by atoms with Gasteiger partial charge >= 0.3 is 0 Å². The Labute approximate surface area is 181 Å². The van der Waals surface area contributed by atoms with E-state index in [1.807, 2.05) is 12.1 Å². The molecular weight excluding hydrogens is 388 g/mol. The molecule has 2 aliphatic heterocycles. The highest BCUT2D eigenvalue weighted by molar-refractivity contribution is 5.95. The van der Waals surface area contributed by atoms with Crippen LogP contribution in [-0.2, 0) is 6.54 Å². The molecule has 6 heteroatoms. The van der Waals surface area contributed by atoms with Gasteiger partial charge in [0.15, 0.2) is 11.5 Å². The van der Waals surface area contributed by atoms with E-state index in [0.29, 0.717) is 0 Å². The molecule has 0 saturated carbocycles.